The Bertz CT molecular complexity index is 773. The summed E-state index contributed by atoms with van der Waals surface area (Å²) in [5.41, 5.74) is 2.50. The van der Waals surface area contributed by atoms with E-state index in [-0.39, 0.29) is 0 Å². The maximum atomic E-state index is 6.01. The van der Waals surface area contributed by atoms with Crippen molar-refractivity contribution in [1.29, 1.82) is 0 Å². The van der Waals surface area contributed by atoms with Crippen molar-refractivity contribution in [3.8, 4) is 17.0 Å². The number of aromatic nitrogens is 2. The molecule has 20 heavy (non-hydrogen) atoms. The molecule has 0 aliphatic rings. The monoisotopic (exact) mass is 304 g/mol. The van der Waals surface area contributed by atoms with Crippen LogP contribution in [0.25, 0.3) is 22.0 Å². The number of hydrogen-bond donors (Lipinski definition) is 0. The lowest BCUT2D eigenvalue weighted by Gasteiger charge is -2.10. The van der Waals surface area contributed by atoms with Crippen molar-refractivity contribution in [2.75, 3.05) is 7.11 Å². The molecule has 0 fully saturated rings. The Morgan fingerprint density at radius 1 is 1.00 bits per heavy atom. The van der Waals surface area contributed by atoms with Crippen LogP contribution in [0.3, 0.4) is 0 Å². The highest BCUT2D eigenvalue weighted by Crippen LogP contribution is 2.35. The smallest absolute Gasteiger partial charge is 0.223 e. The Kier molecular flexibility index (Phi) is 3.47. The van der Waals surface area contributed by atoms with Crippen molar-refractivity contribution >= 4 is 34.1 Å². The molecule has 0 aliphatic heterocycles. The second kappa shape index (κ2) is 5.27. The Morgan fingerprint density at radius 3 is 2.45 bits per heavy atom. The lowest BCUT2D eigenvalue weighted by molar-refractivity contribution is 0.400. The summed E-state index contributed by atoms with van der Waals surface area (Å²) >= 11 is 11.9. The van der Waals surface area contributed by atoms with E-state index in [1.54, 1.807) is 19.4 Å². The lowest BCUT2D eigenvalue weighted by Crippen LogP contribution is -1.94. The van der Waals surface area contributed by atoms with Crippen LogP contribution in [-0.2, 0) is 0 Å². The Labute approximate surface area is 126 Å². The number of fused-ring (bicyclic) bond motifs is 1. The molecule has 0 atom stereocenters. The molecule has 100 valence electrons. The van der Waals surface area contributed by atoms with Gasteiger partial charge in [-0.2, -0.15) is 0 Å². The first kappa shape index (κ1) is 13.2. The molecule has 0 aliphatic carbocycles. The van der Waals surface area contributed by atoms with Crippen molar-refractivity contribution < 1.29 is 4.74 Å². The van der Waals surface area contributed by atoms with Gasteiger partial charge in [0, 0.05) is 16.6 Å². The number of nitrogens with zero attached hydrogens (tertiary/aromatic N) is 2. The van der Waals surface area contributed by atoms with Gasteiger partial charge < -0.3 is 4.74 Å². The zero-order valence-corrected chi connectivity index (χ0v) is 12.1. The third-order valence-electron chi connectivity index (χ3n) is 2.99. The minimum atomic E-state index is 0.431. The largest absolute Gasteiger partial charge is 0.480 e. The van der Waals surface area contributed by atoms with Crippen LogP contribution in [0.5, 0.6) is 5.88 Å². The third-order valence-corrected chi connectivity index (χ3v) is 3.45. The van der Waals surface area contributed by atoms with Gasteiger partial charge in [0.25, 0.3) is 0 Å². The van der Waals surface area contributed by atoms with Crippen molar-refractivity contribution in [1.82, 2.24) is 9.97 Å². The predicted octanol–water partition coefficient (Wildman–Crippen LogP) is 4.61. The Hall–Kier alpha value is -1.84. The standard InChI is InChI=1S/C15H10Cl2N2O/c1-20-15-13(9-2-5-11(16)6-3-9)14-10(8-18-15)4-7-12(17)19-14/h2-8H,1H3. The van der Waals surface area contributed by atoms with E-state index >= 15 is 0 Å². The summed E-state index contributed by atoms with van der Waals surface area (Å²) in [5.74, 6) is 0.509. The maximum absolute atomic E-state index is 6.01. The molecule has 0 bridgehead atoms. The number of hydrogen-bond acceptors (Lipinski definition) is 3. The predicted molar refractivity (Wildman–Crippen MR) is 81.5 cm³/mol. The molecule has 0 saturated carbocycles. The Morgan fingerprint density at radius 2 is 1.75 bits per heavy atom. The van der Waals surface area contributed by atoms with Crippen LogP contribution in [0, 0.1) is 0 Å². The van der Waals surface area contributed by atoms with Crippen LogP contribution >= 0.6 is 23.2 Å². The fraction of sp³-hybridized carbons (Fsp3) is 0.0667. The highest BCUT2D eigenvalue weighted by Gasteiger charge is 2.13. The maximum Gasteiger partial charge on any atom is 0.223 e. The molecule has 0 N–H and O–H groups in total. The average Bonchev–Trinajstić information content (AvgIpc) is 2.47. The number of benzene rings is 1. The number of ether oxygens (including phenoxy) is 1. The van der Waals surface area contributed by atoms with Crippen molar-refractivity contribution in [2.24, 2.45) is 0 Å². The van der Waals surface area contributed by atoms with E-state index in [9.17, 15) is 0 Å². The summed E-state index contributed by atoms with van der Waals surface area (Å²) in [4.78, 5) is 8.71. The van der Waals surface area contributed by atoms with Gasteiger partial charge in [0.1, 0.15) is 5.15 Å². The fourth-order valence-corrected chi connectivity index (χ4v) is 2.35. The molecule has 0 radical (unpaired) electrons. The fourth-order valence-electron chi connectivity index (χ4n) is 2.08. The van der Waals surface area contributed by atoms with E-state index in [4.69, 9.17) is 27.9 Å². The van der Waals surface area contributed by atoms with E-state index in [2.05, 4.69) is 9.97 Å². The van der Waals surface area contributed by atoms with Crippen LogP contribution < -0.4 is 4.74 Å². The van der Waals surface area contributed by atoms with Crippen molar-refractivity contribution in [3.63, 3.8) is 0 Å². The van der Waals surface area contributed by atoms with Gasteiger partial charge in [0.15, 0.2) is 0 Å². The Balaban J connectivity index is 2.35. The van der Waals surface area contributed by atoms with Gasteiger partial charge in [-0.15, -0.1) is 0 Å². The number of halogens is 2. The van der Waals surface area contributed by atoms with Gasteiger partial charge in [-0.25, -0.2) is 9.97 Å². The highest BCUT2D eigenvalue weighted by atomic mass is 35.5. The molecule has 3 rings (SSSR count). The van der Waals surface area contributed by atoms with Crippen molar-refractivity contribution in [2.45, 2.75) is 0 Å². The molecule has 0 saturated heterocycles. The zero-order chi connectivity index (χ0) is 14.1. The van der Waals surface area contributed by atoms with E-state index in [1.165, 1.54) is 0 Å². The molecule has 1 aromatic carbocycles. The summed E-state index contributed by atoms with van der Waals surface area (Å²) in [6.07, 6.45) is 1.72. The summed E-state index contributed by atoms with van der Waals surface area (Å²) in [5, 5.41) is 2.01. The van der Waals surface area contributed by atoms with Gasteiger partial charge in [0.05, 0.1) is 18.2 Å². The number of rotatable bonds is 2. The first-order chi connectivity index (χ1) is 9.69. The molecule has 3 nitrogen and oxygen atoms in total. The topological polar surface area (TPSA) is 35.0 Å². The summed E-state index contributed by atoms with van der Waals surface area (Å²) in [6, 6.07) is 11.1. The number of pyridine rings is 2. The molecule has 5 heteroatoms. The van der Waals surface area contributed by atoms with Crippen LogP contribution in [0.2, 0.25) is 10.2 Å². The molecule has 0 amide bonds. The second-order valence-corrected chi connectivity index (χ2v) is 5.04. The minimum Gasteiger partial charge on any atom is -0.480 e. The van der Waals surface area contributed by atoms with E-state index in [1.807, 2.05) is 30.3 Å². The van der Waals surface area contributed by atoms with Crippen LogP contribution in [-0.4, -0.2) is 17.1 Å². The van der Waals surface area contributed by atoms with Gasteiger partial charge in [-0.3, -0.25) is 0 Å². The van der Waals surface area contributed by atoms with E-state index < -0.39 is 0 Å². The van der Waals surface area contributed by atoms with Gasteiger partial charge >= 0.3 is 0 Å². The minimum absolute atomic E-state index is 0.431. The summed E-state index contributed by atoms with van der Waals surface area (Å²) < 4.78 is 5.35. The summed E-state index contributed by atoms with van der Waals surface area (Å²) in [7, 11) is 1.58. The summed E-state index contributed by atoms with van der Waals surface area (Å²) in [6.45, 7) is 0. The van der Waals surface area contributed by atoms with Crippen LogP contribution in [0.4, 0.5) is 0 Å². The molecule has 0 spiro atoms. The molecular formula is C15H10Cl2N2O. The molecular weight excluding hydrogens is 295 g/mol. The van der Waals surface area contributed by atoms with E-state index in [0.717, 1.165) is 22.0 Å². The molecule has 0 unspecified atom stereocenters. The number of methoxy groups -OCH3 is 1. The highest BCUT2D eigenvalue weighted by molar-refractivity contribution is 6.30. The zero-order valence-electron chi connectivity index (χ0n) is 10.6. The quantitative estimate of drug-likeness (QED) is 0.648. The second-order valence-electron chi connectivity index (χ2n) is 4.22. The molecule has 3 aromatic rings. The van der Waals surface area contributed by atoms with Crippen molar-refractivity contribution in [3.05, 3.63) is 52.8 Å². The molecule has 2 heterocycles. The van der Waals surface area contributed by atoms with E-state index in [0.29, 0.717) is 16.1 Å². The van der Waals surface area contributed by atoms with Gasteiger partial charge in [-0.05, 0) is 29.8 Å². The van der Waals surface area contributed by atoms with Crippen LogP contribution in [0.15, 0.2) is 42.6 Å². The first-order valence-corrected chi connectivity index (χ1v) is 6.70. The third kappa shape index (κ3) is 2.30. The van der Waals surface area contributed by atoms with Gasteiger partial charge in [0.2, 0.25) is 5.88 Å². The van der Waals surface area contributed by atoms with Gasteiger partial charge in [-0.1, -0.05) is 35.3 Å². The normalized spacial score (nSPS) is 10.8. The average molecular weight is 305 g/mol. The lowest BCUT2D eigenvalue weighted by atomic mass is 10.0. The SMILES string of the molecule is COc1ncc2ccc(Cl)nc2c1-c1ccc(Cl)cc1. The molecule has 2 aromatic heterocycles. The van der Waals surface area contributed by atoms with Crippen LogP contribution in [0.1, 0.15) is 0 Å². The first-order valence-electron chi connectivity index (χ1n) is 5.94.